The summed E-state index contributed by atoms with van der Waals surface area (Å²) in [6.07, 6.45) is 2.08. The minimum Gasteiger partial charge on any atom is -0.339 e. The van der Waals surface area contributed by atoms with Crippen LogP contribution in [0.2, 0.25) is 0 Å². The van der Waals surface area contributed by atoms with Crippen molar-refractivity contribution >= 4 is 5.91 Å². The van der Waals surface area contributed by atoms with Crippen LogP contribution >= 0.6 is 0 Å². The molecule has 1 heterocycles. The standard InChI is InChI=1S/C19H20F3N3O/c1-24(14-5-3-6-14)18(26)16-11-23-25(17(16)12-8-9-12)15-7-2-4-13(10-15)19(20,21)22/h2,4,7,10-12,14H,3,5-6,8-9H2,1H3. The van der Waals surface area contributed by atoms with E-state index < -0.39 is 11.7 Å². The molecule has 2 fully saturated rings. The number of halogens is 3. The van der Waals surface area contributed by atoms with E-state index in [-0.39, 0.29) is 17.9 Å². The number of hydrogen-bond donors (Lipinski definition) is 0. The van der Waals surface area contributed by atoms with Gasteiger partial charge in [0.05, 0.1) is 28.7 Å². The number of hydrogen-bond acceptors (Lipinski definition) is 2. The number of carbonyl (C=O) groups excluding carboxylic acids is 1. The zero-order chi connectivity index (χ0) is 18.5. The second kappa shape index (κ2) is 6.14. The van der Waals surface area contributed by atoms with Crippen LogP contribution in [0.4, 0.5) is 13.2 Å². The molecule has 4 rings (SSSR count). The average molecular weight is 363 g/mol. The summed E-state index contributed by atoms with van der Waals surface area (Å²) in [6, 6.07) is 5.35. The van der Waals surface area contributed by atoms with Crippen LogP contribution in [0, 0.1) is 0 Å². The molecular formula is C19H20F3N3O. The molecule has 2 aliphatic carbocycles. The predicted octanol–water partition coefficient (Wildman–Crippen LogP) is 4.39. The summed E-state index contributed by atoms with van der Waals surface area (Å²) in [4.78, 5) is 14.6. The van der Waals surface area contributed by atoms with Crippen molar-refractivity contribution in [1.29, 1.82) is 0 Å². The molecule has 2 aliphatic rings. The zero-order valence-corrected chi connectivity index (χ0v) is 14.5. The van der Waals surface area contributed by atoms with Gasteiger partial charge in [0.1, 0.15) is 0 Å². The van der Waals surface area contributed by atoms with E-state index in [9.17, 15) is 18.0 Å². The van der Waals surface area contributed by atoms with Gasteiger partial charge in [-0.25, -0.2) is 4.68 Å². The molecule has 1 amide bonds. The van der Waals surface area contributed by atoms with Gasteiger partial charge in [-0.1, -0.05) is 6.07 Å². The van der Waals surface area contributed by atoms with Gasteiger partial charge in [0.15, 0.2) is 0 Å². The van der Waals surface area contributed by atoms with Crippen LogP contribution < -0.4 is 0 Å². The Bertz CT molecular complexity index is 835. The Morgan fingerprint density at radius 3 is 2.54 bits per heavy atom. The molecule has 26 heavy (non-hydrogen) atoms. The average Bonchev–Trinajstić information content (AvgIpc) is 3.30. The van der Waals surface area contributed by atoms with Crippen molar-refractivity contribution in [1.82, 2.24) is 14.7 Å². The predicted molar refractivity (Wildman–Crippen MR) is 90.3 cm³/mol. The monoisotopic (exact) mass is 363 g/mol. The lowest BCUT2D eigenvalue weighted by Gasteiger charge is -2.34. The maximum absolute atomic E-state index is 13.0. The third-order valence-corrected chi connectivity index (χ3v) is 5.36. The Labute approximate surface area is 149 Å². The number of amides is 1. The van der Waals surface area contributed by atoms with E-state index in [0.29, 0.717) is 11.3 Å². The van der Waals surface area contributed by atoms with Crippen molar-refractivity contribution in [2.45, 2.75) is 50.2 Å². The summed E-state index contributed by atoms with van der Waals surface area (Å²) in [5, 5.41) is 4.28. The van der Waals surface area contributed by atoms with E-state index in [4.69, 9.17) is 0 Å². The van der Waals surface area contributed by atoms with Crippen molar-refractivity contribution in [2.75, 3.05) is 7.05 Å². The summed E-state index contributed by atoms with van der Waals surface area (Å²) < 4.78 is 40.6. The largest absolute Gasteiger partial charge is 0.416 e. The maximum atomic E-state index is 13.0. The van der Waals surface area contributed by atoms with Crippen molar-refractivity contribution in [3.05, 3.63) is 47.3 Å². The lowest BCUT2D eigenvalue weighted by atomic mass is 9.91. The van der Waals surface area contributed by atoms with Crippen LogP contribution in [-0.2, 0) is 6.18 Å². The van der Waals surface area contributed by atoms with Gasteiger partial charge in [0, 0.05) is 19.0 Å². The first-order valence-electron chi connectivity index (χ1n) is 8.89. The molecule has 0 atom stereocenters. The Hall–Kier alpha value is -2.31. The molecule has 2 saturated carbocycles. The van der Waals surface area contributed by atoms with E-state index >= 15 is 0 Å². The van der Waals surface area contributed by atoms with Gasteiger partial charge in [-0.2, -0.15) is 18.3 Å². The molecule has 7 heteroatoms. The fourth-order valence-electron chi connectivity index (χ4n) is 3.42. The molecule has 4 nitrogen and oxygen atoms in total. The smallest absolute Gasteiger partial charge is 0.339 e. The molecule has 1 aromatic heterocycles. The Kier molecular flexibility index (Phi) is 4.04. The maximum Gasteiger partial charge on any atom is 0.416 e. The van der Waals surface area contributed by atoms with Gasteiger partial charge < -0.3 is 4.90 Å². The van der Waals surface area contributed by atoms with Crippen LogP contribution in [0.25, 0.3) is 5.69 Å². The van der Waals surface area contributed by atoms with Gasteiger partial charge in [-0.15, -0.1) is 0 Å². The van der Waals surface area contributed by atoms with Crippen molar-refractivity contribution in [2.24, 2.45) is 0 Å². The number of benzene rings is 1. The van der Waals surface area contributed by atoms with E-state index in [1.165, 1.54) is 16.9 Å². The third-order valence-electron chi connectivity index (χ3n) is 5.36. The van der Waals surface area contributed by atoms with Gasteiger partial charge in [0.2, 0.25) is 0 Å². The lowest BCUT2D eigenvalue weighted by molar-refractivity contribution is -0.137. The summed E-state index contributed by atoms with van der Waals surface area (Å²) in [5.41, 5.74) is 0.874. The van der Waals surface area contributed by atoms with Crippen molar-refractivity contribution in [3.8, 4) is 5.69 Å². The lowest BCUT2D eigenvalue weighted by Crippen LogP contribution is -2.41. The molecule has 0 unspecified atom stereocenters. The summed E-state index contributed by atoms with van der Waals surface area (Å²) in [5.74, 6) is 0.0932. The van der Waals surface area contributed by atoms with Crippen LogP contribution in [0.3, 0.4) is 0 Å². The first-order valence-corrected chi connectivity index (χ1v) is 8.89. The fourth-order valence-corrected chi connectivity index (χ4v) is 3.42. The van der Waals surface area contributed by atoms with Crippen LogP contribution in [-0.4, -0.2) is 33.7 Å². The quantitative estimate of drug-likeness (QED) is 0.808. The number of carbonyl (C=O) groups is 1. The first kappa shape index (κ1) is 17.1. The van der Waals surface area contributed by atoms with Crippen molar-refractivity contribution in [3.63, 3.8) is 0 Å². The highest BCUT2D eigenvalue weighted by Gasteiger charge is 2.36. The minimum absolute atomic E-state index is 0.0881. The van der Waals surface area contributed by atoms with Crippen molar-refractivity contribution < 1.29 is 18.0 Å². The zero-order valence-electron chi connectivity index (χ0n) is 14.5. The molecule has 0 aliphatic heterocycles. The second-order valence-electron chi connectivity index (χ2n) is 7.18. The molecule has 0 spiro atoms. The summed E-state index contributed by atoms with van der Waals surface area (Å²) in [6.45, 7) is 0. The highest BCUT2D eigenvalue weighted by molar-refractivity contribution is 5.95. The normalized spacial score (nSPS) is 17.8. The van der Waals surface area contributed by atoms with Gasteiger partial charge in [0.25, 0.3) is 5.91 Å². The number of nitrogens with zero attached hydrogens (tertiary/aromatic N) is 3. The van der Waals surface area contributed by atoms with Gasteiger partial charge in [-0.3, -0.25) is 4.79 Å². The van der Waals surface area contributed by atoms with Crippen LogP contribution in [0.5, 0.6) is 0 Å². The van der Waals surface area contributed by atoms with Crippen LogP contribution in [0.1, 0.15) is 59.6 Å². The number of alkyl halides is 3. The molecule has 138 valence electrons. The minimum atomic E-state index is -4.41. The molecular weight excluding hydrogens is 343 g/mol. The number of aromatic nitrogens is 2. The topological polar surface area (TPSA) is 38.1 Å². The Morgan fingerprint density at radius 2 is 1.96 bits per heavy atom. The molecule has 0 bridgehead atoms. The molecule has 0 saturated heterocycles. The highest BCUT2D eigenvalue weighted by Crippen LogP contribution is 2.43. The third kappa shape index (κ3) is 2.99. The van der Waals surface area contributed by atoms with E-state index in [2.05, 4.69) is 5.10 Å². The SMILES string of the molecule is CN(C(=O)c1cnn(-c2cccc(C(F)(F)F)c2)c1C1CC1)C1CCC1. The molecule has 0 N–H and O–H groups in total. The summed E-state index contributed by atoms with van der Waals surface area (Å²) in [7, 11) is 1.80. The fraction of sp³-hybridized carbons (Fsp3) is 0.474. The number of rotatable bonds is 4. The van der Waals surface area contributed by atoms with Gasteiger partial charge in [-0.05, 0) is 50.3 Å². The Balaban J connectivity index is 1.72. The second-order valence-corrected chi connectivity index (χ2v) is 7.18. The van der Waals surface area contributed by atoms with Crippen LogP contribution in [0.15, 0.2) is 30.5 Å². The molecule has 0 radical (unpaired) electrons. The van der Waals surface area contributed by atoms with E-state index in [0.717, 1.165) is 49.9 Å². The van der Waals surface area contributed by atoms with E-state index in [1.54, 1.807) is 18.0 Å². The summed E-state index contributed by atoms with van der Waals surface area (Å²) >= 11 is 0. The first-order chi connectivity index (χ1) is 12.4. The highest BCUT2D eigenvalue weighted by atomic mass is 19.4. The molecule has 1 aromatic carbocycles. The van der Waals surface area contributed by atoms with Gasteiger partial charge >= 0.3 is 6.18 Å². The van der Waals surface area contributed by atoms with E-state index in [1.807, 2.05) is 0 Å². The Morgan fingerprint density at radius 1 is 1.23 bits per heavy atom. The molecule has 2 aromatic rings.